The van der Waals surface area contributed by atoms with E-state index in [2.05, 4.69) is 9.97 Å². The van der Waals surface area contributed by atoms with Gasteiger partial charge in [-0.3, -0.25) is 4.79 Å². The Morgan fingerprint density at radius 3 is 2.96 bits per heavy atom. The van der Waals surface area contributed by atoms with E-state index in [0.717, 1.165) is 30.0 Å². The lowest BCUT2D eigenvalue weighted by Crippen LogP contribution is -2.30. The van der Waals surface area contributed by atoms with Crippen LogP contribution in [0.2, 0.25) is 5.02 Å². The molecule has 3 heterocycles. The first kappa shape index (κ1) is 18.3. The van der Waals surface area contributed by atoms with Gasteiger partial charge in [-0.15, -0.1) is 0 Å². The average Bonchev–Trinajstić information content (AvgIpc) is 3.35. The fourth-order valence-electron chi connectivity index (χ4n) is 3.77. The molecule has 1 atom stereocenters. The Kier molecular flexibility index (Phi) is 4.88. The van der Waals surface area contributed by atoms with Crippen molar-refractivity contribution in [2.45, 2.75) is 18.9 Å². The van der Waals surface area contributed by atoms with Crippen molar-refractivity contribution < 1.29 is 4.79 Å². The van der Waals surface area contributed by atoms with E-state index in [1.54, 1.807) is 12.3 Å². The average molecular weight is 394 g/mol. The monoisotopic (exact) mass is 393 g/mol. The number of carbonyl (C=O) groups excluding carboxylic acids is 1. The summed E-state index contributed by atoms with van der Waals surface area (Å²) in [5.41, 5.74) is 8.90. The van der Waals surface area contributed by atoms with Crippen LogP contribution >= 0.6 is 11.6 Å². The zero-order valence-electron chi connectivity index (χ0n) is 15.2. The second-order valence-electron chi connectivity index (χ2n) is 6.77. The van der Waals surface area contributed by atoms with E-state index in [1.807, 2.05) is 35.2 Å². The molecule has 1 saturated heterocycles. The summed E-state index contributed by atoms with van der Waals surface area (Å²) < 4.78 is 0. The van der Waals surface area contributed by atoms with E-state index in [4.69, 9.17) is 22.7 Å². The molecule has 0 radical (unpaired) electrons. The van der Waals surface area contributed by atoms with Crippen molar-refractivity contribution in [1.29, 1.82) is 5.41 Å². The van der Waals surface area contributed by atoms with Crippen LogP contribution in [0.3, 0.4) is 0 Å². The van der Waals surface area contributed by atoms with Crippen LogP contribution in [-0.4, -0.2) is 33.5 Å². The fraction of sp³-hybridized carbons (Fsp3) is 0.190. The normalized spacial score (nSPS) is 17.2. The van der Waals surface area contributed by atoms with Crippen LogP contribution in [0.4, 0.5) is 0 Å². The van der Waals surface area contributed by atoms with Gasteiger partial charge < -0.3 is 21.0 Å². The standard InChI is InChI=1S/C21H20ClN5O/c22-15-4-1-3-13(9-15)19-5-2-8-27(19)21(28)17-12-25-20-16(17)6-7-18(26-20)14(10-23)11-24/h1,3-4,6-7,9-12,19,23H,2,5,8,24H2,(H,25,26)/b14-11+,23-10?. The van der Waals surface area contributed by atoms with Crippen molar-refractivity contribution in [2.24, 2.45) is 5.73 Å². The maximum Gasteiger partial charge on any atom is 0.256 e. The summed E-state index contributed by atoms with van der Waals surface area (Å²) in [5, 5.41) is 8.85. The van der Waals surface area contributed by atoms with Crippen molar-refractivity contribution >= 4 is 40.3 Å². The highest BCUT2D eigenvalue weighted by atomic mass is 35.5. The van der Waals surface area contributed by atoms with Gasteiger partial charge in [0.25, 0.3) is 5.91 Å². The minimum absolute atomic E-state index is 0.0214. The summed E-state index contributed by atoms with van der Waals surface area (Å²) in [6, 6.07) is 11.3. The van der Waals surface area contributed by atoms with Gasteiger partial charge >= 0.3 is 0 Å². The lowest BCUT2D eigenvalue weighted by Gasteiger charge is -2.25. The molecule has 4 rings (SSSR count). The second-order valence-corrected chi connectivity index (χ2v) is 7.21. The SMILES string of the molecule is N=C/C(=C\N)c1ccc2c(C(=O)N3CCCC3c3cccc(Cl)c3)c[nH]c2n1. The summed E-state index contributed by atoms with van der Waals surface area (Å²) in [5.74, 6) is -0.0232. The first-order valence-electron chi connectivity index (χ1n) is 9.09. The number of rotatable bonds is 4. The number of halogens is 1. The summed E-state index contributed by atoms with van der Waals surface area (Å²) in [6.07, 6.45) is 6.07. The van der Waals surface area contributed by atoms with E-state index in [-0.39, 0.29) is 11.9 Å². The smallest absolute Gasteiger partial charge is 0.256 e. The van der Waals surface area contributed by atoms with Gasteiger partial charge in [0, 0.05) is 41.1 Å². The van der Waals surface area contributed by atoms with Crippen LogP contribution in [0.5, 0.6) is 0 Å². The molecule has 0 saturated carbocycles. The van der Waals surface area contributed by atoms with E-state index in [0.29, 0.717) is 34.0 Å². The van der Waals surface area contributed by atoms with Crippen LogP contribution in [-0.2, 0) is 0 Å². The third-order valence-corrected chi connectivity index (χ3v) is 5.38. The zero-order valence-corrected chi connectivity index (χ0v) is 15.9. The van der Waals surface area contributed by atoms with Crippen LogP contribution in [0.1, 0.15) is 40.5 Å². The van der Waals surface area contributed by atoms with E-state index >= 15 is 0 Å². The molecule has 4 N–H and O–H groups in total. The number of likely N-dealkylation sites (tertiary alicyclic amines) is 1. The molecule has 7 heteroatoms. The number of hydrogen-bond donors (Lipinski definition) is 3. The minimum atomic E-state index is -0.0232. The summed E-state index contributed by atoms with van der Waals surface area (Å²) in [4.78, 5) is 22.8. The van der Waals surface area contributed by atoms with Gasteiger partial charge in [0.15, 0.2) is 0 Å². The fourth-order valence-corrected chi connectivity index (χ4v) is 3.97. The largest absolute Gasteiger partial charge is 0.404 e. The van der Waals surface area contributed by atoms with E-state index < -0.39 is 0 Å². The number of pyridine rings is 1. The van der Waals surface area contributed by atoms with Crippen LogP contribution in [0, 0.1) is 5.41 Å². The van der Waals surface area contributed by atoms with Gasteiger partial charge in [0.1, 0.15) is 5.65 Å². The number of carbonyl (C=O) groups is 1. The Balaban J connectivity index is 1.67. The van der Waals surface area contributed by atoms with Crippen LogP contribution in [0.25, 0.3) is 16.6 Å². The van der Waals surface area contributed by atoms with Crippen molar-refractivity contribution in [2.75, 3.05) is 6.54 Å². The Bertz CT molecular complexity index is 1090. The molecule has 1 aromatic carbocycles. The summed E-state index contributed by atoms with van der Waals surface area (Å²) in [6.45, 7) is 0.710. The third kappa shape index (κ3) is 3.16. The number of amides is 1. The van der Waals surface area contributed by atoms with Gasteiger partial charge in [0.2, 0.25) is 0 Å². The first-order valence-corrected chi connectivity index (χ1v) is 9.47. The van der Waals surface area contributed by atoms with Gasteiger partial charge in [-0.1, -0.05) is 23.7 Å². The van der Waals surface area contributed by atoms with Gasteiger partial charge in [-0.2, -0.15) is 0 Å². The molecule has 1 unspecified atom stereocenters. The molecule has 0 spiro atoms. The number of benzene rings is 1. The van der Waals surface area contributed by atoms with E-state index in [1.165, 1.54) is 6.20 Å². The topological polar surface area (TPSA) is 98.9 Å². The van der Waals surface area contributed by atoms with Crippen molar-refractivity contribution in [3.8, 4) is 0 Å². The Labute approximate surface area is 167 Å². The van der Waals surface area contributed by atoms with Crippen molar-refractivity contribution in [3.05, 3.63) is 70.6 Å². The number of allylic oxidation sites excluding steroid dienone is 1. The number of H-pyrrole nitrogens is 1. The van der Waals surface area contributed by atoms with Crippen LogP contribution < -0.4 is 5.73 Å². The number of nitrogens with zero attached hydrogens (tertiary/aromatic N) is 2. The van der Waals surface area contributed by atoms with Crippen molar-refractivity contribution in [1.82, 2.24) is 14.9 Å². The van der Waals surface area contributed by atoms with E-state index in [9.17, 15) is 4.79 Å². The molecular formula is C21H20ClN5O. The molecule has 6 nitrogen and oxygen atoms in total. The predicted molar refractivity (Wildman–Crippen MR) is 112 cm³/mol. The molecule has 28 heavy (non-hydrogen) atoms. The predicted octanol–water partition coefficient (Wildman–Crippen LogP) is 4.14. The van der Waals surface area contributed by atoms with Gasteiger partial charge in [-0.25, -0.2) is 4.98 Å². The van der Waals surface area contributed by atoms with Gasteiger partial charge in [-0.05, 0) is 42.7 Å². The number of aromatic nitrogens is 2. The quantitative estimate of drug-likeness (QED) is 0.581. The molecule has 1 amide bonds. The highest BCUT2D eigenvalue weighted by Crippen LogP contribution is 2.35. The Morgan fingerprint density at radius 2 is 2.21 bits per heavy atom. The Hall–Kier alpha value is -3.12. The first-order chi connectivity index (χ1) is 13.6. The number of nitrogens with one attached hydrogen (secondary N) is 2. The third-order valence-electron chi connectivity index (χ3n) is 5.15. The lowest BCUT2D eigenvalue weighted by atomic mass is 10.0. The molecular weight excluding hydrogens is 374 g/mol. The molecule has 0 aliphatic carbocycles. The molecule has 1 aliphatic rings. The van der Waals surface area contributed by atoms with Gasteiger partial charge in [0.05, 0.1) is 17.3 Å². The highest BCUT2D eigenvalue weighted by Gasteiger charge is 2.32. The number of hydrogen-bond acceptors (Lipinski definition) is 4. The molecule has 1 fully saturated rings. The van der Waals surface area contributed by atoms with Crippen molar-refractivity contribution in [3.63, 3.8) is 0 Å². The number of fused-ring (bicyclic) bond motifs is 1. The molecule has 2 aromatic heterocycles. The maximum atomic E-state index is 13.3. The zero-order chi connectivity index (χ0) is 19.7. The second kappa shape index (κ2) is 7.48. The lowest BCUT2D eigenvalue weighted by molar-refractivity contribution is 0.0737. The van der Waals surface area contributed by atoms with Crippen LogP contribution in [0.15, 0.2) is 48.8 Å². The summed E-state index contributed by atoms with van der Waals surface area (Å²) in [7, 11) is 0. The number of nitrogens with two attached hydrogens (primary N) is 1. The molecule has 1 aliphatic heterocycles. The number of aromatic amines is 1. The molecule has 142 valence electrons. The highest BCUT2D eigenvalue weighted by molar-refractivity contribution is 6.30. The minimum Gasteiger partial charge on any atom is -0.404 e. The summed E-state index contributed by atoms with van der Waals surface area (Å²) >= 11 is 6.15. The molecule has 3 aromatic rings. The molecule has 0 bridgehead atoms. The Morgan fingerprint density at radius 1 is 1.36 bits per heavy atom. The maximum absolute atomic E-state index is 13.3.